The molecule has 8 heteroatoms. The van der Waals surface area contributed by atoms with Gasteiger partial charge in [-0.1, -0.05) is 17.7 Å². The highest BCUT2D eigenvalue weighted by molar-refractivity contribution is 7.89. The van der Waals surface area contributed by atoms with Gasteiger partial charge in [0.1, 0.15) is 18.7 Å². The molecule has 1 aromatic carbocycles. The monoisotopic (exact) mass is 352 g/mol. The molecule has 0 unspecified atom stereocenters. The number of nitrogens with one attached hydrogen (secondary N) is 1. The molecule has 0 amide bonds. The van der Waals surface area contributed by atoms with E-state index in [1.54, 1.807) is 13.3 Å². The summed E-state index contributed by atoms with van der Waals surface area (Å²) >= 11 is 0. The van der Waals surface area contributed by atoms with E-state index in [9.17, 15) is 8.42 Å². The Morgan fingerprint density at radius 3 is 2.50 bits per heavy atom. The van der Waals surface area contributed by atoms with Crippen LogP contribution in [0.15, 0.2) is 30.6 Å². The minimum Gasteiger partial charge on any atom is -0.492 e. The van der Waals surface area contributed by atoms with Gasteiger partial charge < -0.3 is 9.30 Å². The predicted molar refractivity (Wildman–Crippen MR) is 92.4 cm³/mol. The summed E-state index contributed by atoms with van der Waals surface area (Å²) in [4.78, 5) is 0. The van der Waals surface area contributed by atoms with E-state index in [1.165, 1.54) is 0 Å². The molecular weight excluding hydrogens is 328 g/mol. The lowest BCUT2D eigenvalue weighted by molar-refractivity contribution is 0.340. The van der Waals surface area contributed by atoms with Crippen molar-refractivity contribution in [2.75, 3.05) is 12.4 Å². The molecule has 0 spiro atoms. The third-order valence-corrected chi connectivity index (χ3v) is 4.96. The zero-order valence-electron chi connectivity index (χ0n) is 14.4. The van der Waals surface area contributed by atoms with Crippen LogP contribution in [-0.2, 0) is 10.0 Å². The maximum Gasteiger partial charge on any atom is 0.215 e. The van der Waals surface area contributed by atoms with Crippen LogP contribution in [0.25, 0.3) is 0 Å². The molecule has 2 rings (SSSR count). The molecule has 1 atom stereocenters. The Hall–Kier alpha value is -1.93. The summed E-state index contributed by atoms with van der Waals surface area (Å²) in [6, 6.07) is 7.18. The van der Waals surface area contributed by atoms with E-state index in [-0.39, 0.29) is 18.4 Å². The maximum atomic E-state index is 12.2. The van der Waals surface area contributed by atoms with Crippen LogP contribution in [0.4, 0.5) is 0 Å². The summed E-state index contributed by atoms with van der Waals surface area (Å²) < 4.78 is 34.4. The molecule has 1 heterocycles. The Morgan fingerprint density at radius 2 is 1.88 bits per heavy atom. The van der Waals surface area contributed by atoms with Crippen molar-refractivity contribution < 1.29 is 13.2 Å². The Morgan fingerprint density at radius 1 is 1.21 bits per heavy atom. The minimum atomic E-state index is -3.48. The normalized spacial score (nSPS) is 13.2. The lowest BCUT2D eigenvalue weighted by atomic mass is 10.2. The quantitative estimate of drug-likeness (QED) is 0.787. The highest BCUT2D eigenvalue weighted by atomic mass is 32.2. The van der Waals surface area contributed by atoms with Crippen LogP contribution >= 0.6 is 0 Å². The fourth-order valence-electron chi connectivity index (χ4n) is 2.24. The van der Waals surface area contributed by atoms with Gasteiger partial charge in [0.2, 0.25) is 10.0 Å². The molecule has 1 N–H and O–H groups in total. The van der Waals surface area contributed by atoms with Crippen LogP contribution in [0.2, 0.25) is 0 Å². The molecule has 132 valence electrons. The molecule has 0 fully saturated rings. The molecule has 0 aliphatic heterocycles. The number of aromatic nitrogens is 3. The first-order valence-electron chi connectivity index (χ1n) is 7.87. The van der Waals surface area contributed by atoms with Crippen molar-refractivity contribution in [3.63, 3.8) is 0 Å². The Bertz CT molecular complexity index is 754. The van der Waals surface area contributed by atoms with E-state index in [1.807, 2.05) is 49.6 Å². The van der Waals surface area contributed by atoms with Crippen LogP contribution in [0, 0.1) is 6.92 Å². The van der Waals surface area contributed by atoms with Crippen molar-refractivity contribution in [2.24, 2.45) is 0 Å². The van der Waals surface area contributed by atoms with Gasteiger partial charge in [0, 0.05) is 6.04 Å². The van der Waals surface area contributed by atoms with E-state index >= 15 is 0 Å². The molecule has 7 nitrogen and oxygen atoms in total. The Kier molecular flexibility index (Phi) is 5.95. The molecule has 0 saturated heterocycles. The van der Waals surface area contributed by atoms with Crippen LogP contribution < -0.4 is 9.46 Å². The van der Waals surface area contributed by atoms with Crippen molar-refractivity contribution in [3.8, 4) is 5.75 Å². The van der Waals surface area contributed by atoms with Crippen molar-refractivity contribution >= 4 is 10.0 Å². The number of sulfonamides is 1. The van der Waals surface area contributed by atoms with Crippen LogP contribution in [0.3, 0.4) is 0 Å². The largest absolute Gasteiger partial charge is 0.492 e. The molecule has 0 radical (unpaired) electrons. The van der Waals surface area contributed by atoms with Gasteiger partial charge in [-0.05, 0) is 39.8 Å². The van der Waals surface area contributed by atoms with E-state index in [4.69, 9.17) is 4.74 Å². The number of ether oxygens (including phenoxy) is 1. The first-order valence-corrected chi connectivity index (χ1v) is 9.52. The molecular formula is C16H24N4O3S. The summed E-state index contributed by atoms with van der Waals surface area (Å²) in [6.45, 7) is 7.80. The minimum absolute atomic E-state index is 0.0853. The summed E-state index contributed by atoms with van der Waals surface area (Å²) in [5, 5.41) is 7.87. The molecule has 2 aromatic rings. The predicted octanol–water partition coefficient (Wildman–Crippen LogP) is 2.23. The van der Waals surface area contributed by atoms with Gasteiger partial charge in [0.25, 0.3) is 0 Å². The Balaban J connectivity index is 1.90. The summed E-state index contributed by atoms with van der Waals surface area (Å²) in [7, 11) is -3.48. The average Bonchev–Trinajstić information content (AvgIpc) is 2.98. The fraction of sp³-hybridized carbons (Fsp3) is 0.500. The van der Waals surface area contributed by atoms with Crippen LogP contribution in [0.1, 0.15) is 44.2 Å². The second-order valence-corrected chi connectivity index (χ2v) is 7.88. The number of aryl methyl sites for hydroxylation is 1. The van der Waals surface area contributed by atoms with E-state index in [0.29, 0.717) is 11.6 Å². The van der Waals surface area contributed by atoms with Gasteiger partial charge in [0.15, 0.2) is 5.82 Å². The lowest BCUT2D eigenvalue weighted by Gasteiger charge is -2.17. The molecule has 0 saturated carbocycles. The van der Waals surface area contributed by atoms with Crippen molar-refractivity contribution in [1.82, 2.24) is 19.5 Å². The number of hydrogen-bond donors (Lipinski definition) is 1. The lowest BCUT2D eigenvalue weighted by Crippen LogP contribution is -2.32. The first kappa shape index (κ1) is 18.4. The van der Waals surface area contributed by atoms with Crippen LogP contribution in [-0.4, -0.2) is 35.5 Å². The van der Waals surface area contributed by atoms with E-state index in [0.717, 1.165) is 5.56 Å². The van der Waals surface area contributed by atoms with E-state index in [2.05, 4.69) is 14.9 Å². The first-order chi connectivity index (χ1) is 11.3. The van der Waals surface area contributed by atoms with E-state index < -0.39 is 16.1 Å². The molecule has 0 aliphatic carbocycles. The summed E-state index contributed by atoms with van der Waals surface area (Å²) in [5.41, 5.74) is 1.12. The van der Waals surface area contributed by atoms with Crippen molar-refractivity contribution in [1.29, 1.82) is 0 Å². The zero-order valence-corrected chi connectivity index (χ0v) is 15.2. The number of hydrogen-bond acceptors (Lipinski definition) is 5. The molecule has 24 heavy (non-hydrogen) atoms. The van der Waals surface area contributed by atoms with Crippen molar-refractivity contribution in [3.05, 3.63) is 42.0 Å². The topological polar surface area (TPSA) is 86.1 Å². The maximum absolute atomic E-state index is 12.2. The molecule has 0 bridgehead atoms. The van der Waals surface area contributed by atoms with Gasteiger partial charge in [0.05, 0.1) is 11.8 Å². The highest BCUT2D eigenvalue weighted by Gasteiger charge is 2.21. The second kappa shape index (κ2) is 7.76. The van der Waals surface area contributed by atoms with Gasteiger partial charge in [-0.25, -0.2) is 13.1 Å². The fourth-order valence-corrected chi connectivity index (χ4v) is 3.31. The third-order valence-electron chi connectivity index (χ3n) is 3.54. The summed E-state index contributed by atoms with van der Waals surface area (Å²) in [5.74, 6) is 1.12. The SMILES string of the molecule is Cc1ccc(OCCS(=O)(=O)N[C@@H](C)c2nncn2C(C)C)cc1. The smallest absolute Gasteiger partial charge is 0.215 e. The third kappa shape index (κ3) is 5.04. The standard InChI is InChI=1S/C16H24N4O3S/c1-12(2)20-11-17-18-16(20)14(4)19-24(21,22)10-9-23-15-7-5-13(3)6-8-15/h5-8,11-12,14,19H,9-10H2,1-4H3/t14-/m0/s1. The summed E-state index contributed by atoms with van der Waals surface area (Å²) in [6.07, 6.45) is 1.60. The van der Waals surface area contributed by atoms with Gasteiger partial charge in [-0.3, -0.25) is 0 Å². The van der Waals surface area contributed by atoms with Gasteiger partial charge in [-0.15, -0.1) is 10.2 Å². The molecule has 1 aromatic heterocycles. The number of benzene rings is 1. The number of rotatable bonds is 8. The van der Waals surface area contributed by atoms with Crippen molar-refractivity contribution in [2.45, 2.75) is 39.8 Å². The highest BCUT2D eigenvalue weighted by Crippen LogP contribution is 2.15. The average molecular weight is 352 g/mol. The van der Waals surface area contributed by atoms with Gasteiger partial charge in [-0.2, -0.15) is 0 Å². The van der Waals surface area contributed by atoms with Crippen LogP contribution in [0.5, 0.6) is 5.75 Å². The number of nitrogens with zero attached hydrogens (tertiary/aromatic N) is 3. The molecule has 0 aliphatic rings. The second-order valence-electron chi connectivity index (χ2n) is 6.01. The zero-order chi connectivity index (χ0) is 17.7. The van der Waals surface area contributed by atoms with Gasteiger partial charge >= 0.3 is 0 Å². The Labute approximate surface area is 143 Å².